The van der Waals surface area contributed by atoms with Gasteiger partial charge in [-0.1, -0.05) is 36.4 Å². The van der Waals surface area contributed by atoms with Gasteiger partial charge in [-0.05, 0) is 35.4 Å². The molecule has 6 nitrogen and oxygen atoms in total. The van der Waals surface area contributed by atoms with E-state index in [1.807, 2.05) is 6.07 Å². The first-order valence-electron chi connectivity index (χ1n) is 7.80. The van der Waals surface area contributed by atoms with Crippen molar-refractivity contribution in [3.63, 3.8) is 0 Å². The Kier molecular flexibility index (Phi) is 5.14. The fraction of sp³-hybridized carbons (Fsp3) is 0. The van der Waals surface area contributed by atoms with E-state index in [0.29, 0.717) is 11.1 Å². The van der Waals surface area contributed by atoms with E-state index < -0.39 is 11.9 Å². The van der Waals surface area contributed by atoms with Gasteiger partial charge in [-0.25, -0.2) is 14.8 Å². The van der Waals surface area contributed by atoms with E-state index in [-0.39, 0.29) is 5.70 Å². The van der Waals surface area contributed by atoms with Crippen LogP contribution in [-0.4, -0.2) is 27.0 Å². The summed E-state index contributed by atoms with van der Waals surface area (Å²) in [7, 11) is 0. The first kappa shape index (κ1) is 17.0. The molecule has 2 aromatic carbocycles. The minimum absolute atomic E-state index is 0.208. The Morgan fingerprint density at radius 1 is 0.923 bits per heavy atom. The first-order valence-corrected chi connectivity index (χ1v) is 7.80. The lowest BCUT2D eigenvalue weighted by atomic mass is 10.1. The van der Waals surface area contributed by atoms with E-state index in [1.54, 1.807) is 60.9 Å². The second-order valence-corrected chi connectivity index (χ2v) is 5.44. The summed E-state index contributed by atoms with van der Waals surface area (Å²) in [6.45, 7) is 0. The zero-order chi connectivity index (χ0) is 18.4. The van der Waals surface area contributed by atoms with Crippen LogP contribution < -0.4 is 5.32 Å². The topological polar surface area (TPSA) is 92.2 Å². The number of hydrogen-bond acceptors (Lipinski definition) is 4. The monoisotopic (exact) mass is 345 g/mol. The van der Waals surface area contributed by atoms with Crippen molar-refractivity contribution < 1.29 is 14.7 Å². The molecule has 0 spiro atoms. The van der Waals surface area contributed by atoms with Gasteiger partial charge < -0.3 is 10.4 Å². The summed E-state index contributed by atoms with van der Waals surface area (Å²) in [6, 6.07) is 15.7. The lowest BCUT2D eigenvalue weighted by Crippen LogP contribution is -2.27. The third-order valence-corrected chi connectivity index (χ3v) is 3.61. The molecule has 0 aliphatic rings. The molecule has 0 saturated carbocycles. The third kappa shape index (κ3) is 4.18. The molecular formula is C20H15N3O3. The van der Waals surface area contributed by atoms with Gasteiger partial charge in [-0.15, -0.1) is 0 Å². The molecule has 3 rings (SSSR count). The van der Waals surface area contributed by atoms with Crippen molar-refractivity contribution in [1.29, 1.82) is 0 Å². The molecule has 128 valence electrons. The Morgan fingerprint density at radius 3 is 2.35 bits per heavy atom. The fourth-order valence-electron chi connectivity index (χ4n) is 2.36. The summed E-state index contributed by atoms with van der Waals surface area (Å²) in [6.07, 6.45) is 6.20. The van der Waals surface area contributed by atoms with E-state index >= 15 is 0 Å². The van der Waals surface area contributed by atoms with Crippen molar-refractivity contribution in [3.05, 3.63) is 90.1 Å². The maximum Gasteiger partial charge on any atom is 0.352 e. The average Bonchev–Trinajstić information content (AvgIpc) is 2.69. The minimum atomic E-state index is -1.22. The van der Waals surface area contributed by atoms with E-state index in [4.69, 9.17) is 0 Å². The predicted molar refractivity (Wildman–Crippen MR) is 97.0 cm³/mol. The van der Waals surface area contributed by atoms with Gasteiger partial charge in [0.25, 0.3) is 5.91 Å². The van der Waals surface area contributed by atoms with E-state index in [2.05, 4.69) is 15.3 Å². The third-order valence-electron chi connectivity index (χ3n) is 3.61. The Balaban J connectivity index is 1.88. The maximum atomic E-state index is 12.2. The Morgan fingerprint density at radius 2 is 1.65 bits per heavy atom. The second kappa shape index (κ2) is 7.85. The molecule has 6 heteroatoms. The molecule has 0 fully saturated rings. The van der Waals surface area contributed by atoms with Crippen LogP contribution in [0.2, 0.25) is 0 Å². The number of carboxylic acid groups (broad SMARTS) is 1. The van der Waals surface area contributed by atoms with Gasteiger partial charge >= 0.3 is 5.97 Å². The molecule has 0 unspecified atom stereocenters. The van der Waals surface area contributed by atoms with Gasteiger partial charge in [0, 0.05) is 23.5 Å². The number of carboxylic acids is 1. The number of aliphatic carboxylic acids is 1. The van der Waals surface area contributed by atoms with Crippen LogP contribution in [0.1, 0.15) is 15.9 Å². The first-order chi connectivity index (χ1) is 12.6. The number of aromatic nitrogens is 2. The van der Waals surface area contributed by atoms with Gasteiger partial charge in [0.15, 0.2) is 0 Å². The molecule has 1 amide bonds. The molecular weight excluding hydrogens is 330 g/mol. The fourth-order valence-corrected chi connectivity index (χ4v) is 2.36. The molecule has 0 bridgehead atoms. The zero-order valence-electron chi connectivity index (χ0n) is 13.7. The van der Waals surface area contributed by atoms with Crippen molar-refractivity contribution in [1.82, 2.24) is 15.3 Å². The second-order valence-electron chi connectivity index (χ2n) is 5.44. The van der Waals surface area contributed by atoms with Gasteiger partial charge in [0.2, 0.25) is 0 Å². The van der Waals surface area contributed by atoms with Crippen molar-refractivity contribution in [2.45, 2.75) is 0 Å². The molecule has 0 radical (unpaired) electrons. The van der Waals surface area contributed by atoms with E-state index in [1.165, 1.54) is 12.4 Å². The summed E-state index contributed by atoms with van der Waals surface area (Å²) >= 11 is 0. The van der Waals surface area contributed by atoms with Crippen LogP contribution in [0.15, 0.2) is 79.0 Å². The summed E-state index contributed by atoms with van der Waals surface area (Å²) in [5.41, 5.74) is 2.47. The summed E-state index contributed by atoms with van der Waals surface area (Å²) in [5, 5.41) is 11.9. The lowest BCUT2D eigenvalue weighted by molar-refractivity contribution is -0.132. The molecule has 26 heavy (non-hydrogen) atoms. The van der Waals surface area contributed by atoms with Crippen LogP contribution >= 0.6 is 0 Å². The molecule has 0 aliphatic carbocycles. The Labute approximate surface area is 149 Å². The Hall–Kier alpha value is -3.80. The number of carbonyl (C=O) groups is 2. The number of rotatable bonds is 5. The standard InChI is InChI=1S/C20H15N3O3/c24-19(15-6-2-1-3-7-15)23-18(20(25)26)10-14-5-4-8-16(9-14)17-11-21-13-22-12-17/h1-13H,(H,23,24)(H,25,26). The maximum absolute atomic E-state index is 12.2. The number of nitrogens with one attached hydrogen (secondary N) is 1. The van der Waals surface area contributed by atoms with Crippen molar-refractivity contribution in [2.24, 2.45) is 0 Å². The average molecular weight is 345 g/mol. The molecule has 0 atom stereocenters. The summed E-state index contributed by atoms with van der Waals surface area (Å²) in [4.78, 5) is 31.7. The number of benzene rings is 2. The highest BCUT2D eigenvalue weighted by Crippen LogP contribution is 2.19. The summed E-state index contributed by atoms with van der Waals surface area (Å²) in [5.74, 6) is -1.70. The highest BCUT2D eigenvalue weighted by Gasteiger charge is 2.13. The van der Waals surface area contributed by atoms with Crippen LogP contribution in [0.5, 0.6) is 0 Å². The number of amides is 1. The van der Waals surface area contributed by atoms with Crippen LogP contribution in [-0.2, 0) is 4.79 Å². The van der Waals surface area contributed by atoms with Crippen LogP contribution in [0.25, 0.3) is 17.2 Å². The highest BCUT2D eigenvalue weighted by molar-refractivity contribution is 6.02. The Bertz CT molecular complexity index is 954. The van der Waals surface area contributed by atoms with Crippen LogP contribution in [0.3, 0.4) is 0 Å². The normalized spacial score (nSPS) is 11.0. The van der Waals surface area contributed by atoms with Crippen LogP contribution in [0, 0.1) is 0 Å². The smallest absolute Gasteiger partial charge is 0.352 e. The molecule has 1 aromatic heterocycles. The van der Waals surface area contributed by atoms with E-state index in [0.717, 1.165) is 11.1 Å². The van der Waals surface area contributed by atoms with Crippen molar-refractivity contribution in [2.75, 3.05) is 0 Å². The number of hydrogen-bond donors (Lipinski definition) is 2. The quantitative estimate of drug-likeness (QED) is 0.694. The largest absolute Gasteiger partial charge is 0.477 e. The molecule has 2 N–H and O–H groups in total. The molecule has 0 saturated heterocycles. The predicted octanol–water partition coefficient (Wildman–Crippen LogP) is 3.00. The summed E-state index contributed by atoms with van der Waals surface area (Å²) < 4.78 is 0. The van der Waals surface area contributed by atoms with Crippen LogP contribution in [0.4, 0.5) is 0 Å². The van der Waals surface area contributed by atoms with Gasteiger partial charge in [0.1, 0.15) is 12.0 Å². The van der Waals surface area contributed by atoms with Crippen molar-refractivity contribution >= 4 is 18.0 Å². The van der Waals surface area contributed by atoms with E-state index in [9.17, 15) is 14.7 Å². The molecule has 1 heterocycles. The van der Waals surface area contributed by atoms with Gasteiger partial charge in [-0.2, -0.15) is 0 Å². The zero-order valence-corrected chi connectivity index (χ0v) is 13.7. The molecule has 0 aliphatic heterocycles. The number of nitrogens with zero attached hydrogens (tertiary/aromatic N) is 2. The molecule has 3 aromatic rings. The highest BCUT2D eigenvalue weighted by atomic mass is 16.4. The lowest BCUT2D eigenvalue weighted by Gasteiger charge is -2.07. The van der Waals surface area contributed by atoms with Gasteiger partial charge in [0.05, 0.1) is 0 Å². The SMILES string of the molecule is O=C(O)C(=Cc1cccc(-c2cncnc2)c1)NC(=O)c1ccccc1. The van der Waals surface area contributed by atoms with Crippen molar-refractivity contribution in [3.8, 4) is 11.1 Å². The number of carbonyl (C=O) groups excluding carboxylic acids is 1. The van der Waals surface area contributed by atoms with Gasteiger partial charge in [-0.3, -0.25) is 4.79 Å². The minimum Gasteiger partial charge on any atom is -0.477 e.